The summed E-state index contributed by atoms with van der Waals surface area (Å²) in [5.74, 6) is -0.647. The van der Waals surface area contributed by atoms with Crippen molar-refractivity contribution < 1.29 is 19.2 Å². The third-order valence-electron chi connectivity index (χ3n) is 7.90. The van der Waals surface area contributed by atoms with E-state index in [0.29, 0.717) is 38.8 Å². The molecular weight excluding hydrogens is 494 g/mol. The van der Waals surface area contributed by atoms with Crippen molar-refractivity contribution in [3.05, 3.63) is 48.0 Å². The number of hydrogen-bond acceptors (Lipinski definition) is 5. The smallest absolute Gasteiger partial charge is 0.247 e. The Morgan fingerprint density at radius 3 is 2.49 bits per heavy atom. The average Bonchev–Trinajstić information content (AvgIpc) is 3.34. The van der Waals surface area contributed by atoms with Crippen molar-refractivity contribution in [2.24, 2.45) is 5.92 Å². The first kappa shape index (κ1) is 28.5. The van der Waals surface area contributed by atoms with E-state index >= 15 is 0 Å². The average molecular weight is 536 g/mol. The molecule has 4 amide bonds. The van der Waals surface area contributed by atoms with Gasteiger partial charge in [0.1, 0.15) is 12.1 Å². The van der Waals surface area contributed by atoms with Crippen molar-refractivity contribution >= 4 is 34.4 Å². The van der Waals surface area contributed by atoms with Gasteiger partial charge in [-0.25, -0.2) is 0 Å². The van der Waals surface area contributed by atoms with Crippen molar-refractivity contribution in [2.75, 3.05) is 20.1 Å². The SMILES string of the molecule is CN[C@@H](C)C(=O)N[C@H]1CN(C(=O)CC(C)C)CC[C@H]2CC[C@@H](C(=O)NCc3cccc4ccccc34)N2C1=O. The van der Waals surface area contributed by atoms with E-state index in [4.69, 9.17) is 0 Å². The van der Waals surface area contributed by atoms with E-state index in [-0.39, 0.29) is 42.1 Å². The first-order valence-corrected chi connectivity index (χ1v) is 14.0. The maximum Gasteiger partial charge on any atom is 0.247 e. The monoisotopic (exact) mass is 535 g/mol. The predicted molar refractivity (Wildman–Crippen MR) is 151 cm³/mol. The number of carbonyl (C=O) groups excluding carboxylic acids is 4. The fraction of sp³-hybridized carbons (Fsp3) is 0.533. The number of likely N-dealkylation sites (N-methyl/N-ethyl adjacent to an activating group) is 1. The molecule has 4 atom stereocenters. The Labute approximate surface area is 230 Å². The topological polar surface area (TPSA) is 111 Å². The summed E-state index contributed by atoms with van der Waals surface area (Å²) in [5.41, 5.74) is 1.01. The van der Waals surface area contributed by atoms with Crippen molar-refractivity contribution in [1.82, 2.24) is 25.8 Å². The minimum absolute atomic E-state index is 0.0189. The molecule has 0 saturated carbocycles. The Morgan fingerprint density at radius 2 is 1.74 bits per heavy atom. The van der Waals surface area contributed by atoms with Crippen LogP contribution in [0.5, 0.6) is 0 Å². The molecule has 2 aliphatic heterocycles. The normalized spacial score (nSPS) is 22.3. The first-order valence-electron chi connectivity index (χ1n) is 14.0. The van der Waals surface area contributed by atoms with Crippen LogP contribution in [0, 0.1) is 5.92 Å². The molecule has 4 rings (SSSR count). The van der Waals surface area contributed by atoms with Crippen molar-refractivity contribution in [3.8, 4) is 0 Å². The Balaban J connectivity index is 1.52. The molecular formula is C30H41N5O4. The number of rotatable bonds is 8. The highest BCUT2D eigenvalue weighted by Crippen LogP contribution is 2.30. The lowest BCUT2D eigenvalue weighted by atomic mass is 10.0. The highest BCUT2D eigenvalue weighted by atomic mass is 16.2. The van der Waals surface area contributed by atoms with E-state index in [1.54, 1.807) is 23.8 Å². The Morgan fingerprint density at radius 1 is 1.00 bits per heavy atom. The Kier molecular flexibility index (Phi) is 9.22. The number of hydrogen-bond donors (Lipinski definition) is 3. The van der Waals surface area contributed by atoms with Gasteiger partial charge in [0.2, 0.25) is 23.6 Å². The molecule has 39 heavy (non-hydrogen) atoms. The summed E-state index contributed by atoms with van der Waals surface area (Å²) >= 11 is 0. The second kappa shape index (κ2) is 12.6. The van der Waals surface area contributed by atoms with Crippen LogP contribution in [0.3, 0.4) is 0 Å². The third-order valence-corrected chi connectivity index (χ3v) is 7.90. The van der Waals surface area contributed by atoms with E-state index in [1.165, 1.54) is 0 Å². The van der Waals surface area contributed by atoms with Gasteiger partial charge in [0, 0.05) is 32.1 Å². The van der Waals surface area contributed by atoms with Crippen LogP contribution in [0.2, 0.25) is 0 Å². The Bertz CT molecular complexity index is 1210. The van der Waals surface area contributed by atoms with Crippen LogP contribution < -0.4 is 16.0 Å². The van der Waals surface area contributed by atoms with Gasteiger partial charge in [-0.05, 0) is 55.5 Å². The molecule has 0 unspecified atom stereocenters. The van der Waals surface area contributed by atoms with Crippen LogP contribution in [0.1, 0.15) is 52.0 Å². The summed E-state index contributed by atoms with van der Waals surface area (Å²) in [4.78, 5) is 56.6. The van der Waals surface area contributed by atoms with Gasteiger partial charge in [-0.3, -0.25) is 19.2 Å². The third kappa shape index (κ3) is 6.58. The lowest BCUT2D eigenvalue weighted by Gasteiger charge is -2.39. The molecule has 0 aliphatic carbocycles. The second-order valence-electron chi connectivity index (χ2n) is 11.1. The number of fused-ring (bicyclic) bond motifs is 2. The zero-order chi connectivity index (χ0) is 28.1. The minimum atomic E-state index is -0.918. The van der Waals surface area contributed by atoms with Crippen LogP contribution in [0.15, 0.2) is 42.5 Å². The molecule has 2 fully saturated rings. The lowest BCUT2D eigenvalue weighted by Crippen LogP contribution is -2.62. The van der Waals surface area contributed by atoms with E-state index < -0.39 is 18.1 Å². The van der Waals surface area contributed by atoms with Gasteiger partial charge in [-0.15, -0.1) is 0 Å². The number of carbonyl (C=O) groups is 4. The van der Waals surface area contributed by atoms with Crippen molar-refractivity contribution in [3.63, 3.8) is 0 Å². The molecule has 210 valence electrons. The summed E-state index contributed by atoms with van der Waals surface area (Å²) in [6.45, 7) is 6.63. The largest absolute Gasteiger partial charge is 0.350 e. The maximum absolute atomic E-state index is 14.0. The van der Waals surface area contributed by atoms with Gasteiger partial charge < -0.3 is 25.8 Å². The molecule has 2 aromatic rings. The van der Waals surface area contributed by atoms with Gasteiger partial charge >= 0.3 is 0 Å². The van der Waals surface area contributed by atoms with Crippen molar-refractivity contribution in [2.45, 2.75) is 77.2 Å². The van der Waals surface area contributed by atoms with E-state index in [9.17, 15) is 19.2 Å². The molecule has 0 spiro atoms. The molecule has 9 heteroatoms. The summed E-state index contributed by atoms with van der Waals surface area (Å²) in [7, 11) is 1.68. The summed E-state index contributed by atoms with van der Waals surface area (Å²) in [5, 5.41) is 11.0. The molecule has 2 aromatic carbocycles. The molecule has 2 heterocycles. The fourth-order valence-electron chi connectivity index (χ4n) is 5.62. The van der Waals surface area contributed by atoms with Crippen LogP contribution in [0.4, 0.5) is 0 Å². The second-order valence-corrected chi connectivity index (χ2v) is 11.1. The van der Waals surface area contributed by atoms with E-state index in [0.717, 1.165) is 16.3 Å². The molecule has 3 N–H and O–H groups in total. The Hall–Kier alpha value is -3.46. The van der Waals surface area contributed by atoms with E-state index in [2.05, 4.69) is 16.0 Å². The summed E-state index contributed by atoms with van der Waals surface area (Å²) < 4.78 is 0. The van der Waals surface area contributed by atoms with Gasteiger partial charge in [0.15, 0.2) is 0 Å². The zero-order valence-corrected chi connectivity index (χ0v) is 23.4. The highest BCUT2D eigenvalue weighted by Gasteiger charge is 2.45. The van der Waals surface area contributed by atoms with E-state index in [1.807, 2.05) is 56.3 Å². The number of nitrogens with one attached hydrogen (secondary N) is 3. The predicted octanol–water partition coefficient (Wildman–Crippen LogP) is 2.19. The molecule has 0 aromatic heterocycles. The van der Waals surface area contributed by atoms with Crippen LogP contribution in [0.25, 0.3) is 10.8 Å². The standard InChI is InChI=1S/C30H41N5O4/c1-19(2)16-27(36)34-15-14-23-12-13-26(35(23)30(39)25(18-34)33-28(37)20(3)31-4)29(38)32-17-22-10-7-9-21-8-5-6-11-24(21)22/h5-11,19-20,23,25-26,31H,12-18H2,1-4H3,(H,32,38)(H,33,37)/t20-,23+,25-,26-/m0/s1. The highest BCUT2D eigenvalue weighted by molar-refractivity contribution is 5.94. The number of benzene rings is 2. The maximum atomic E-state index is 14.0. The van der Waals surface area contributed by atoms with Gasteiger partial charge in [0.05, 0.1) is 6.04 Å². The molecule has 2 aliphatic rings. The van der Waals surface area contributed by atoms with Crippen LogP contribution in [-0.2, 0) is 25.7 Å². The quantitative estimate of drug-likeness (QED) is 0.480. The van der Waals surface area contributed by atoms with Crippen LogP contribution >= 0.6 is 0 Å². The zero-order valence-electron chi connectivity index (χ0n) is 23.4. The van der Waals surface area contributed by atoms with Gasteiger partial charge in [-0.1, -0.05) is 56.3 Å². The lowest BCUT2D eigenvalue weighted by molar-refractivity contribution is -0.147. The molecule has 0 radical (unpaired) electrons. The summed E-state index contributed by atoms with van der Waals surface area (Å²) in [6, 6.07) is 11.9. The fourth-order valence-corrected chi connectivity index (χ4v) is 5.62. The van der Waals surface area contributed by atoms with Gasteiger partial charge in [-0.2, -0.15) is 0 Å². The minimum Gasteiger partial charge on any atom is -0.350 e. The van der Waals surface area contributed by atoms with Crippen LogP contribution in [-0.4, -0.2) is 77.7 Å². The molecule has 0 bridgehead atoms. The first-order chi connectivity index (χ1) is 18.7. The summed E-state index contributed by atoms with van der Waals surface area (Å²) in [6.07, 6.45) is 2.22. The molecule has 2 saturated heterocycles. The number of nitrogens with zero attached hydrogens (tertiary/aromatic N) is 2. The van der Waals surface area contributed by atoms with Crippen molar-refractivity contribution in [1.29, 1.82) is 0 Å². The van der Waals surface area contributed by atoms with Gasteiger partial charge in [0.25, 0.3) is 0 Å². The number of amides is 4. The molecule has 9 nitrogen and oxygen atoms in total.